The number of unbranched alkanes of at least 4 members (excludes halogenated alkanes) is 2. The van der Waals surface area contributed by atoms with Crippen molar-refractivity contribution in [3.8, 4) is 11.5 Å². The number of amides is 1. The summed E-state index contributed by atoms with van der Waals surface area (Å²) in [5.74, 6) is -0.345. The van der Waals surface area contributed by atoms with Crippen molar-refractivity contribution in [2.45, 2.75) is 64.5 Å². The highest BCUT2D eigenvalue weighted by Gasteiger charge is 2.47. The highest BCUT2D eigenvalue weighted by molar-refractivity contribution is 5.79. The molecule has 2 aliphatic rings. The number of fused-ring (bicyclic) bond motifs is 1. The number of benzene rings is 1. The fraction of sp³-hybridized carbons (Fsp3) is 0.593. The number of aryl methyl sites for hydroxylation is 1. The fourth-order valence-corrected chi connectivity index (χ4v) is 5.36. The van der Waals surface area contributed by atoms with E-state index in [0.29, 0.717) is 31.0 Å². The third kappa shape index (κ3) is 6.00. The first-order valence-electron chi connectivity index (χ1n) is 13.1. The van der Waals surface area contributed by atoms with Crippen LogP contribution in [0.3, 0.4) is 0 Å². The molecule has 1 saturated heterocycles. The molecule has 0 bridgehead atoms. The Hall–Kier alpha value is -3.07. The quantitative estimate of drug-likeness (QED) is 0.451. The van der Waals surface area contributed by atoms with Crippen LogP contribution in [0, 0.1) is 5.92 Å². The van der Waals surface area contributed by atoms with Gasteiger partial charge in [0.25, 0.3) is 0 Å². The van der Waals surface area contributed by atoms with Gasteiger partial charge in [-0.3, -0.25) is 19.2 Å². The summed E-state index contributed by atoms with van der Waals surface area (Å²) in [7, 11) is 0. The summed E-state index contributed by atoms with van der Waals surface area (Å²) < 4.78 is 12.8. The molecule has 0 radical (unpaired) electrons. The van der Waals surface area contributed by atoms with Gasteiger partial charge in [0.05, 0.1) is 12.5 Å². The first kappa shape index (κ1) is 26.0. The smallest absolute Gasteiger partial charge is 0.308 e. The highest BCUT2D eigenvalue weighted by Crippen LogP contribution is 2.42. The number of ether oxygens (including phenoxy) is 2. The second kappa shape index (κ2) is 12.3. The molecular weight excluding hydrogens is 460 g/mol. The molecule has 3 atom stereocenters. The van der Waals surface area contributed by atoms with Gasteiger partial charge < -0.3 is 19.5 Å². The zero-order chi connectivity index (χ0) is 25.5. The van der Waals surface area contributed by atoms with Crippen molar-refractivity contribution in [3.05, 3.63) is 42.2 Å². The van der Waals surface area contributed by atoms with Crippen molar-refractivity contribution >= 4 is 11.9 Å². The SMILES string of the molecule is CCCCN(CCCC)C(=O)CN1C[C@H](c2ccc3c(c2)OCO3)[C@H](C(=O)O)[C@H]1CCn1cccn1. The standard InChI is InChI=1S/C27H38N4O5/c1-3-5-12-29(13-6-4-2)25(32)18-30-17-21(20-8-9-23-24(16-20)36-19-35-23)26(27(33)34)22(30)10-15-31-14-7-11-28-31/h7-9,11,14,16,21-22,26H,3-6,10,12-13,15,17-19H2,1-2H3,(H,33,34)/t21-,22-,26+/m1/s1. The van der Waals surface area contributed by atoms with Crippen LogP contribution in [0.5, 0.6) is 11.5 Å². The van der Waals surface area contributed by atoms with Gasteiger partial charge in [0.2, 0.25) is 12.7 Å². The van der Waals surface area contributed by atoms with E-state index >= 15 is 0 Å². The molecule has 3 heterocycles. The molecule has 1 amide bonds. The fourth-order valence-electron chi connectivity index (χ4n) is 5.36. The number of carboxylic acid groups (broad SMARTS) is 1. The minimum absolute atomic E-state index is 0.0801. The van der Waals surface area contributed by atoms with Crippen LogP contribution in [-0.4, -0.2) is 75.6 Å². The van der Waals surface area contributed by atoms with E-state index in [-0.39, 0.29) is 31.2 Å². The van der Waals surface area contributed by atoms with Crippen LogP contribution in [-0.2, 0) is 16.1 Å². The van der Waals surface area contributed by atoms with E-state index in [0.717, 1.165) is 44.3 Å². The molecule has 1 N–H and O–H groups in total. The zero-order valence-corrected chi connectivity index (χ0v) is 21.3. The normalized spacial score (nSPS) is 21.1. The molecule has 0 unspecified atom stereocenters. The Morgan fingerprint density at radius 2 is 1.89 bits per heavy atom. The molecular formula is C27H38N4O5. The topological polar surface area (TPSA) is 97.1 Å². The molecule has 9 nitrogen and oxygen atoms in total. The van der Waals surface area contributed by atoms with E-state index in [1.54, 1.807) is 6.20 Å². The van der Waals surface area contributed by atoms with Crippen LogP contribution in [0.2, 0.25) is 0 Å². The maximum atomic E-state index is 13.4. The van der Waals surface area contributed by atoms with Crippen LogP contribution in [0.1, 0.15) is 57.4 Å². The van der Waals surface area contributed by atoms with E-state index in [1.165, 1.54) is 0 Å². The van der Waals surface area contributed by atoms with Crippen molar-refractivity contribution in [1.82, 2.24) is 19.6 Å². The Bertz CT molecular complexity index is 1000. The molecule has 0 saturated carbocycles. The number of likely N-dealkylation sites (tertiary alicyclic amines) is 1. The molecule has 4 rings (SSSR count). The van der Waals surface area contributed by atoms with E-state index in [4.69, 9.17) is 9.47 Å². The lowest BCUT2D eigenvalue weighted by atomic mass is 9.84. The van der Waals surface area contributed by atoms with Gasteiger partial charge in [0.15, 0.2) is 11.5 Å². The predicted molar refractivity (Wildman–Crippen MR) is 135 cm³/mol. The lowest BCUT2D eigenvalue weighted by molar-refractivity contribution is -0.144. The lowest BCUT2D eigenvalue weighted by Crippen LogP contribution is -2.45. The maximum Gasteiger partial charge on any atom is 0.308 e. The minimum Gasteiger partial charge on any atom is -0.481 e. The largest absolute Gasteiger partial charge is 0.481 e. The Balaban J connectivity index is 1.58. The van der Waals surface area contributed by atoms with Crippen molar-refractivity contribution < 1.29 is 24.2 Å². The average molecular weight is 499 g/mol. The van der Waals surface area contributed by atoms with Crippen LogP contribution in [0.4, 0.5) is 0 Å². The zero-order valence-electron chi connectivity index (χ0n) is 21.3. The maximum absolute atomic E-state index is 13.4. The second-order valence-electron chi connectivity index (χ2n) is 9.73. The van der Waals surface area contributed by atoms with Crippen LogP contribution in [0.15, 0.2) is 36.7 Å². The van der Waals surface area contributed by atoms with Crippen LogP contribution < -0.4 is 9.47 Å². The van der Waals surface area contributed by atoms with Gasteiger partial charge in [0.1, 0.15) is 0 Å². The van der Waals surface area contributed by atoms with E-state index in [2.05, 4.69) is 23.8 Å². The predicted octanol–water partition coefficient (Wildman–Crippen LogP) is 3.60. The third-order valence-corrected chi connectivity index (χ3v) is 7.33. The van der Waals surface area contributed by atoms with Gasteiger partial charge in [0, 0.05) is 50.5 Å². The summed E-state index contributed by atoms with van der Waals surface area (Å²) in [4.78, 5) is 30.1. The number of hydrogen-bond acceptors (Lipinski definition) is 6. The summed E-state index contributed by atoms with van der Waals surface area (Å²) >= 11 is 0. The van der Waals surface area contributed by atoms with Gasteiger partial charge >= 0.3 is 5.97 Å². The van der Waals surface area contributed by atoms with Crippen molar-refractivity contribution in [2.24, 2.45) is 5.92 Å². The number of carboxylic acids is 1. The number of rotatable bonds is 13. The summed E-state index contributed by atoms with van der Waals surface area (Å²) in [5, 5.41) is 14.6. The summed E-state index contributed by atoms with van der Waals surface area (Å²) in [5.41, 5.74) is 0.902. The van der Waals surface area contributed by atoms with Gasteiger partial charge in [-0.1, -0.05) is 32.8 Å². The first-order valence-corrected chi connectivity index (χ1v) is 13.1. The number of carbonyl (C=O) groups is 2. The molecule has 36 heavy (non-hydrogen) atoms. The number of nitrogens with zero attached hydrogens (tertiary/aromatic N) is 4. The van der Waals surface area contributed by atoms with Gasteiger partial charge in [-0.2, -0.15) is 5.10 Å². The van der Waals surface area contributed by atoms with E-state index in [1.807, 2.05) is 40.0 Å². The van der Waals surface area contributed by atoms with E-state index < -0.39 is 11.9 Å². The monoisotopic (exact) mass is 498 g/mol. The van der Waals surface area contributed by atoms with Crippen LogP contribution in [0.25, 0.3) is 0 Å². The van der Waals surface area contributed by atoms with Crippen molar-refractivity contribution in [2.75, 3.05) is 33.0 Å². The Morgan fingerprint density at radius 3 is 2.56 bits per heavy atom. The van der Waals surface area contributed by atoms with Crippen LogP contribution >= 0.6 is 0 Å². The molecule has 1 aromatic carbocycles. The molecule has 0 spiro atoms. The molecule has 0 aliphatic carbocycles. The average Bonchev–Trinajstić information content (AvgIpc) is 3.62. The second-order valence-corrected chi connectivity index (χ2v) is 9.73. The number of aromatic nitrogens is 2. The lowest BCUT2D eigenvalue weighted by Gasteiger charge is -2.29. The van der Waals surface area contributed by atoms with Gasteiger partial charge in [-0.05, 0) is 43.0 Å². The number of hydrogen-bond donors (Lipinski definition) is 1. The first-order chi connectivity index (χ1) is 17.5. The summed E-state index contributed by atoms with van der Waals surface area (Å²) in [6.07, 6.45) is 8.19. The molecule has 2 aromatic rings. The van der Waals surface area contributed by atoms with E-state index in [9.17, 15) is 14.7 Å². The van der Waals surface area contributed by atoms with Crippen molar-refractivity contribution in [3.63, 3.8) is 0 Å². The summed E-state index contributed by atoms with van der Waals surface area (Å²) in [6.45, 7) is 7.23. The summed E-state index contributed by atoms with van der Waals surface area (Å²) in [6, 6.07) is 7.25. The van der Waals surface area contributed by atoms with Gasteiger partial charge in [-0.15, -0.1) is 0 Å². The Kier molecular flexibility index (Phi) is 8.85. The molecule has 1 aromatic heterocycles. The minimum atomic E-state index is -0.841. The van der Waals surface area contributed by atoms with Crippen molar-refractivity contribution in [1.29, 1.82) is 0 Å². The molecule has 1 fully saturated rings. The molecule has 196 valence electrons. The highest BCUT2D eigenvalue weighted by atomic mass is 16.7. The number of aliphatic carboxylic acids is 1. The Morgan fingerprint density at radius 1 is 1.14 bits per heavy atom. The number of carbonyl (C=O) groups excluding carboxylic acids is 1. The third-order valence-electron chi connectivity index (χ3n) is 7.33. The van der Waals surface area contributed by atoms with Gasteiger partial charge in [-0.25, -0.2) is 0 Å². The molecule has 9 heteroatoms. The Labute approximate surface area is 213 Å². The molecule has 2 aliphatic heterocycles.